The van der Waals surface area contributed by atoms with Crippen LogP contribution in [0.25, 0.3) is 0 Å². The summed E-state index contributed by atoms with van der Waals surface area (Å²) in [4.78, 5) is 0. The summed E-state index contributed by atoms with van der Waals surface area (Å²) in [7, 11) is -1.88. The summed E-state index contributed by atoms with van der Waals surface area (Å²) in [6, 6.07) is 5.86. The monoisotopic (exact) mass is 314 g/mol. The fraction of sp³-hybridized carbons (Fsp3) is 0.231. The van der Waals surface area contributed by atoms with Gasteiger partial charge in [-0.1, -0.05) is 6.07 Å². The highest BCUT2D eigenvalue weighted by Crippen LogP contribution is 2.24. The highest BCUT2D eigenvalue weighted by molar-refractivity contribution is 7.94. The molecule has 2 rings (SSSR count). The summed E-state index contributed by atoms with van der Waals surface area (Å²) < 4.78 is 40.4. The molecular weight excluding hydrogens is 299 g/mol. The molecule has 0 spiro atoms. The van der Waals surface area contributed by atoms with E-state index in [1.54, 1.807) is 25.4 Å². The fourth-order valence-corrected chi connectivity index (χ4v) is 3.91. The standard InChI is InChI=1S/C13H15FN2O2S2/c1-9-3-4-11(6-12(9)14)16-20(17,18)13-5-10(7-15-2)8-19-13/h3-6,8,15-16H,7H2,1-2H3. The first-order valence-electron chi connectivity index (χ1n) is 5.93. The van der Waals surface area contributed by atoms with Gasteiger partial charge in [0.1, 0.15) is 10.0 Å². The lowest BCUT2D eigenvalue weighted by atomic mass is 10.2. The zero-order chi connectivity index (χ0) is 14.8. The summed E-state index contributed by atoms with van der Waals surface area (Å²) in [6.45, 7) is 2.22. The van der Waals surface area contributed by atoms with Crippen LogP contribution in [0.5, 0.6) is 0 Å². The zero-order valence-corrected chi connectivity index (χ0v) is 12.7. The molecule has 0 radical (unpaired) electrons. The molecule has 0 amide bonds. The minimum absolute atomic E-state index is 0.212. The Morgan fingerprint density at radius 1 is 1.30 bits per heavy atom. The lowest BCUT2D eigenvalue weighted by molar-refractivity contribution is 0.602. The van der Waals surface area contributed by atoms with Crippen LogP contribution in [0.1, 0.15) is 11.1 Å². The minimum atomic E-state index is -3.67. The van der Waals surface area contributed by atoms with E-state index in [4.69, 9.17) is 0 Å². The van der Waals surface area contributed by atoms with E-state index in [1.165, 1.54) is 18.2 Å². The van der Waals surface area contributed by atoms with Crippen LogP contribution in [0.2, 0.25) is 0 Å². The van der Waals surface area contributed by atoms with Crippen molar-refractivity contribution < 1.29 is 12.8 Å². The molecule has 0 aliphatic rings. The van der Waals surface area contributed by atoms with Crippen molar-refractivity contribution in [2.45, 2.75) is 17.7 Å². The molecule has 0 fully saturated rings. The SMILES string of the molecule is CNCc1csc(S(=O)(=O)Nc2ccc(C)c(F)c2)c1. The summed E-state index contributed by atoms with van der Waals surface area (Å²) >= 11 is 1.14. The van der Waals surface area contributed by atoms with E-state index in [2.05, 4.69) is 10.0 Å². The molecule has 0 saturated carbocycles. The van der Waals surface area contributed by atoms with Gasteiger partial charge in [0.2, 0.25) is 0 Å². The molecule has 4 nitrogen and oxygen atoms in total. The van der Waals surface area contributed by atoms with Gasteiger partial charge in [0, 0.05) is 6.54 Å². The van der Waals surface area contributed by atoms with Crippen molar-refractivity contribution in [1.82, 2.24) is 5.32 Å². The van der Waals surface area contributed by atoms with E-state index >= 15 is 0 Å². The second-order valence-corrected chi connectivity index (χ2v) is 7.19. The lowest BCUT2D eigenvalue weighted by Gasteiger charge is -2.07. The van der Waals surface area contributed by atoms with Crippen molar-refractivity contribution in [2.75, 3.05) is 11.8 Å². The smallest absolute Gasteiger partial charge is 0.271 e. The normalized spacial score (nSPS) is 11.6. The fourth-order valence-electron chi connectivity index (χ4n) is 1.65. The predicted molar refractivity (Wildman–Crippen MR) is 79.0 cm³/mol. The van der Waals surface area contributed by atoms with Crippen LogP contribution in [-0.4, -0.2) is 15.5 Å². The van der Waals surface area contributed by atoms with E-state index in [1.807, 2.05) is 0 Å². The number of nitrogens with one attached hydrogen (secondary N) is 2. The summed E-state index contributed by atoms with van der Waals surface area (Å²) in [5.74, 6) is -0.438. The molecular formula is C13H15FN2O2S2. The average Bonchev–Trinajstić information content (AvgIpc) is 2.83. The molecule has 1 heterocycles. The van der Waals surface area contributed by atoms with Gasteiger partial charge in [-0.2, -0.15) is 0 Å². The van der Waals surface area contributed by atoms with Crippen molar-refractivity contribution in [3.05, 3.63) is 46.6 Å². The Kier molecular flexibility index (Phi) is 4.42. The van der Waals surface area contributed by atoms with Crippen LogP contribution < -0.4 is 10.0 Å². The van der Waals surface area contributed by atoms with Crippen LogP contribution >= 0.6 is 11.3 Å². The number of thiophene rings is 1. The molecule has 1 aromatic carbocycles. The first kappa shape index (κ1) is 15.0. The molecule has 0 bridgehead atoms. The molecule has 0 atom stereocenters. The summed E-state index contributed by atoms with van der Waals surface area (Å²) in [6.07, 6.45) is 0. The summed E-state index contributed by atoms with van der Waals surface area (Å²) in [5.41, 5.74) is 1.59. The molecule has 0 aliphatic carbocycles. The minimum Gasteiger partial charge on any atom is -0.316 e. The first-order valence-corrected chi connectivity index (χ1v) is 8.29. The predicted octanol–water partition coefficient (Wildman–Crippen LogP) is 2.72. The number of hydrogen-bond acceptors (Lipinski definition) is 4. The number of halogens is 1. The number of rotatable bonds is 5. The first-order chi connectivity index (χ1) is 9.42. The quantitative estimate of drug-likeness (QED) is 0.892. The third kappa shape index (κ3) is 3.36. The number of hydrogen-bond donors (Lipinski definition) is 2. The highest BCUT2D eigenvalue weighted by Gasteiger charge is 2.17. The molecule has 2 N–H and O–H groups in total. The molecule has 0 aliphatic heterocycles. The van der Waals surface area contributed by atoms with Crippen LogP contribution in [0.4, 0.5) is 10.1 Å². The van der Waals surface area contributed by atoms with Gasteiger partial charge < -0.3 is 5.32 Å². The third-order valence-corrected chi connectivity index (χ3v) is 5.57. The van der Waals surface area contributed by atoms with E-state index in [-0.39, 0.29) is 9.90 Å². The van der Waals surface area contributed by atoms with Gasteiger partial charge in [-0.15, -0.1) is 11.3 Å². The van der Waals surface area contributed by atoms with E-state index in [0.29, 0.717) is 12.1 Å². The van der Waals surface area contributed by atoms with Gasteiger partial charge >= 0.3 is 0 Å². The summed E-state index contributed by atoms with van der Waals surface area (Å²) in [5, 5.41) is 4.73. The molecule has 1 aromatic heterocycles. The van der Waals surface area contributed by atoms with Crippen LogP contribution in [0.15, 0.2) is 33.9 Å². The number of aryl methyl sites for hydroxylation is 1. The van der Waals surface area contributed by atoms with Gasteiger partial charge in [-0.25, -0.2) is 12.8 Å². The van der Waals surface area contributed by atoms with Crippen LogP contribution in [-0.2, 0) is 16.6 Å². The Balaban J connectivity index is 2.23. The molecule has 108 valence electrons. The molecule has 7 heteroatoms. The van der Waals surface area contributed by atoms with Crippen molar-refractivity contribution in [3.63, 3.8) is 0 Å². The highest BCUT2D eigenvalue weighted by atomic mass is 32.2. The van der Waals surface area contributed by atoms with Gasteiger partial charge in [0.05, 0.1) is 5.69 Å². The Hall–Kier alpha value is -1.44. The Labute approximate surface area is 121 Å². The largest absolute Gasteiger partial charge is 0.316 e. The van der Waals surface area contributed by atoms with Gasteiger partial charge in [0.25, 0.3) is 10.0 Å². The third-order valence-electron chi connectivity index (χ3n) is 2.70. The second kappa shape index (κ2) is 5.90. The maximum absolute atomic E-state index is 13.4. The van der Waals surface area contributed by atoms with E-state index < -0.39 is 15.8 Å². The lowest BCUT2D eigenvalue weighted by Crippen LogP contribution is -2.12. The second-order valence-electron chi connectivity index (χ2n) is 4.37. The van der Waals surface area contributed by atoms with Crippen molar-refractivity contribution in [2.24, 2.45) is 0 Å². The Morgan fingerprint density at radius 3 is 2.70 bits per heavy atom. The molecule has 0 unspecified atom stereocenters. The number of sulfonamides is 1. The van der Waals surface area contributed by atoms with E-state index in [0.717, 1.165) is 16.9 Å². The van der Waals surface area contributed by atoms with Gasteiger partial charge in [-0.3, -0.25) is 4.72 Å². The van der Waals surface area contributed by atoms with Crippen molar-refractivity contribution >= 4 is 27.0 Å². The topological polar surface area (TPSA) is 58.2 Å². The van der Waals surface area contributed by atoms with Gasteiger partial charge in [-0.05, 0) is 48.7 Å². The zero-order valence-electron chi connectivity index (χ0n) is 11.1. The average molecular weight is 314 g/mol. The molecule has 0 saturated heterocycles. The van der Waals surface area contributed by atoms with Crippen molar-refractivity contribution in [3.8, 4) is 0 Å². The number of anilines is 1. The molecule has 20 heavy (non-hydrogen) atoms. The van der Waals surface area contributed by atoms with Gasteiger partial charge in [0.15, 0.2) is 0 Å². The van der Waals surface area contributed by atoms with Crippen molar-refractivity contribution in [1.29, 1.82) is 0 Å². The Morgan fingerprint density at radius 2 is 2.05 bits per heavy atom. The molecule has 2 aromatic rings. The van der Waals surface area contributed by atoms with Crippen LogP contribution in [0, 0.1) is 12.7 Å². The van der Waals surface area contributed by atoms with E-state index in [9.17, 15) is 12.8 Å². The number of benzene rings is 1. The maximum Gasteiger partial charge on any atom is 0.271 e. The van der Waals surface area contributed by atoms with Crippen LogP contribution in [0.3, 0.4) is 0 Å². The Bertz CT molecular complexity index is 711. The maximum atomic E-state index is 13.4.